The van der Waals surface area contributed by atoms with E-state index in [1.807, 2.05) is 25.1 Å². The van der Waals surface area contributed by atoms with Crippen LogP contribution >= 0.6 is 11.6 Å². The first-order chi connectivity index (χ1) is 5.59. The predicted molar refractivity (Wildman–Crippen MR) is 51.6 cm³/mol. The lowest BCUT2D eigenvalue weighted by Gasteiger charge is -2.07. The average Bonchev–Trinajstić information content (AvgIpc) is 1.94. The lowest BCUT2D eigenvalue weighted by molar-refractivity contribution is 0.195. The van der Waals surface area contributed by atoms with Gasteiger partial charge in [0.1, 0.15) is 0 Å². The van der Waals surface area contributed by atoms with Crippen LogP contribution in [0, 0.1) is 6.92 Å². The van der Waals surface area contributed by atoms with Crippen molar-refractivity contribution in [3.05, 3.63) is 34.3 Å². The van der Waals surface area contributed by atoms with Crippen molar-refractivity contribution in [1.29, 1.82) is 0 Å². The number of aryl methyl sites for hydroxylation is 1. The molecule has 0 radical (unpaired) electrons. The van der Waals surface area contributed by atoms with Gasteiger partial charge in [-0.1, -0.05) is 17.7 Å². The predicted octanol–water partition coefficient (Wildman–Crippen LogP) is 2.57. The van der Waals surface area contributed by atoms with E-state index in [9.17, 15) is 0 Å². The molecule has 0 heterocycles. The molecule has 0 spiro atoms. The highest BCUT2D eigenvalue weighted by Crippen LogP contribution is 2.16. The van der Waals surface area contributed by atoms with Gasteiger partial charge in [0.05, 0.1) is 6.10 Å². The quantitative estimate of drug-likeness (QED) is 0.749. The van der Waals surface area contributed by atoms with Gasteiger partial charge in [-0.2, -0.15) is 0 Å². The molecule has 1 aromatic rings. The van der Waals surface area contributed by atoms with Gasteiger partial charge in [-0.25, -0.2) is 0 Å². The number of benzene rings is 1. The molecule has 0 fully saturated rings. The summed E-state index contributed by atoms with van der Waals surface area (Å²) in [4.78, 5) is 0. The fourth-order valence-electron chi connectivity index (χ4n) is 1.21. The first kappa shape index (κ1) is 9.56. The molecule has 0 aliphatic heterocycles. The first-order valence-corrected chi connectivity index (χ1v) is 4.40. The second-order valence-electron chi connectivity index (χ2n) is 3.12. The third-order valence-electron chi connectivity index (χ3n) is 1.82. The van der Waals surface area contributed by atoms with Crippen molar-refractivity contribution < 1.29 is 5.11 Å². The summed E-state index contributed by atoms with van der Waals surface area (Å²) in [6, 6.07) is 5.73. The monoisotopic (exact) mass is 184 g/mol. The number of halogens is 1. The highest BCUT2D eigenvalue weighted by Gasteiger charge is 2.02. The zero-order chi connectivity index (χ0) is 9.14. The normalized spacial score (nSPS) is 13.0. The molecular weight excluding hydrogens is 172 g/mol. The smallest absolute Gasteiger partial charge is 0.0552 e. The Morgan fingerprint density at radius 3 is 2.67 bits per heavy atom. The molecule has 0 saturated heterocycles. The molecule has 1 N–H and O–H groups in total. The van der Waals surface area contributed by atoms with Gasteiger partial charge in [-0.05, 0) is 43.5 Å². The highest BCUT2D eigenvalue weighted by molar-refractivity contribution is 6.30. The Morgan fingerprint density at radius 1 is 1.50 bits per heavy atom. The van der Waals surface area contributed by atoms with E-state index in [4.69, 9.17) is 16.7 Å². The van der Waals surface area contributed by atoms with Gasteiger partial charge in [0.15, 0.2) is 0 Å². The molecule has 0 amide bonds. The van der Waals surface area contributed by atoms with E-state index in [1.165, 1.54) is 0 Å². The van der Waals surface area contributed by atoms with Crippen molar-refractivity contribution in [2.45, 2.75) is 26.4 Å². The lowest BCUT2D eigenvalue weighted by atomic mass is 10.0. The molecule has 1 rings (SSSR count). The Kier molecular flexibility index (Phi) is 3.12. The van der Waals surface area contributed by atoms with Crippen molar-refractivity contribution in [3.63, 3.8) is 0 Å². The molecular formula is C10H13ClO. The Bertz CT molecular complexity index is 269. The number of aliphatic hydroxyl groups excluding tert-OH is 1. The van der Waals surface area contributed by atoms with E-state index >= 15 is 0 Å². The Labute approximate surface area is 78.0 Å². The fraction of sp³-hybridized carbons (Fsp3) is 0.400. The van der Waals surface area contributed by atoms with Gasteiger partial charge in [-0.3, -0.25) is 0 Å². The summed E-state index contributed by atoms with van der Waals surface area (Å²) in [5, 5.41) is 9.92. The molecule has 12 heavy (non-hydrogen) atoms. The third kappa shape index (κ3) is 2.50. The first-order valence-electron chi connectivity index (χ1n) is 4.02. The molecule has 0 aliphatic carbocycles. The summed E-state index contributed by atoms with van der Waals surface area (Å²) in [6.45, 7) is 3.79. The van der Waals surface area contributed by atoms with E-state index in [0.717, 1.165) is 16.1 Å². The molecule has 1 aromatic carbocycles. The van der Waals surface area contributed by atoms with Gasteiger partial charge in [0, 0.05) is 5.02 Å². The van der Waals surface area contributed by atoms with Gasteiger partial charge < -0.3 is 5.11 Å². The number of hydrogen-bond donors (Lipinski definition) is 1. The number of aliphatic hydroxyl groups is 1. The maximum Gasteiger partial charge on any atom is 0.0552 e. The second kappa shape index (κ2) is 3.92. The number of hydrogen-bond acceptors (Lipinski definition) is 1. The van der Waals surface area contributed by atoms with Crippen LogP contribution in [-0.4, -0.2) is 11.2 Å². The molecule has 1 unspecified atom stereocenters. The molecule has 2 heteroatoms. The largest absolute Gasteiger partial charge is 0.393 e. The zero-order valence-corrected chi connectivity index (χ0v) is 8.10. The Balaban J connectivity index is 2.86. The average molecular weight is 185 g/mol. The minimum Gasteiger partial charge on any atom is -0.393 e. The van der Waals surface area contributed by atoms with Gasteiger partial charge in [-0.15, -0.1) is 0 Å². The molecule has 0 saturated carbocycles. The summed E-state index contributed by atoms with van der Waals surface area (Å²) in [7, 11) is 0. The molecule has 1 atom stereocenters. The molecule has 1 nitrogen and oxygen atoms in total. The fourth-order valence-corrected chi connectivity index (χ4v) is 1.43. The van der Waals surface area contributed by atoms with E-state index in [-0.39, 0.29) is 6.10 Å². The van der Waals surface area contributed by atoms with Gasteiger partial charge in [0.25, 0.3) is 0 Å². The maximum absolute atomic E-state index is 9.17. The summed E-state index contributed by atoms with van der Waals surface area (Å²) >= 11 is 5.79. The minimum atomic E-state index is -0.287. The van der Waals surface area contributed by atoms with Crippen molar-refractivity contribution in [2.24, 2.45) is 0 Å². The van der Waals surface area contributed by atoms with E-state index in [0.29, 0.717) is 6.42 Å². The molecule has 0 aromatic heterocycles. The van der Waals surface area contributed by atoms with E-state index in [1.54, 1.807) is 6.92 Å². The minimum absolute atomic E-state index is 0.287. The molecule has 66 valence electrons. The van der Waals surface area contributed by atoms with Crippen LogP contribution in [0.4, 0.5) is 0 Å². The van der Waals surface area contributed by atoms with Crippen LogP contribution in [0.1, 0.15) is 18.1 Å². The maximum atomic E-state index is 9.17. The second-order valence-corrected chi connectivity index (χ2v) is 3.56. The lowest BCUT2D eigenvalue weighted by Crippen LogP contribution is -2.05. The van der Waals surface area contributed by atoms with Crippen LogP contribution in [-0.2, 0) is 6.42 Å². The third-order valence-corrected chi connectivity index (χ3v) is 2.06. The van der Waals surface area contributed by atoms with Gasteiger partial charge in [0.2, 0.25) is 0 Å². The van der Waals surface area contributed by atoms with Crippen molar-refractivity contribution in [2.75, 3.05) is 0 Å². The summed E-state index contributed by atoms with van der Waals surface area (Å²) in [6.07, 6.45) is 0.410. The van der Waals surface area contributed by atoms with Crippen molar-refractivity contribution >= 4 is 11.6 Å². The van der Waals surface area contributed by atoms with Crippen LogP contribution in [0.3, 0.4) is 0 Å². The van der Waals surface area contributed by atoms with Crippen LogP contribution in [0.2, 0.25) is 5.02 Å². The topological polar surface area (TPSA) is 20.2 Å². The summed E-state index contributed by atoms with van der Waals surface area (Å²) in [5.74, 6) is 0. The Morgan fingerprint density at radius 2 is 2.17 bits per heavy atom. The SMILES string of the molecule is Cc1cc(Cl)ccc1CC(C)O. The Hall–Kier alpha value is -0.530. The van der Waals surface area contributed by atoms with Crippen LogP contribution < -0.4 is 0 Å². The zero-order valence-electron chi connectivity index (χ0n) is 7.34. The number of rotatable bonds is 2. The molecule has 0 bridgehead atoms. The van der Waals surface area contributed by atoms with Crippen LogP contribution in [0.5, 0.6) is 0 Å². The van der Waals surface area contributed by atoms with Crippen LogP contribution in [0.25, 0.3) is 0 Å². The van der Waals surface area contributed by atoms with Gasteiger partial charge >= 0.3 is 0 Å². The standard InChI is InChI=1S/C10H13ClO/c1-7-5-10(11)4-3-9(7)6-8(2)12/h3-5,8,12H,6H2,1-2H3. The highest BCUT2D eigenvalue weighted by atomic mass is 35.5. The van der Waals surface area contributed by atoms with Crippen molar-refractivity contribution in [1.82, 2.24) is 0 Å². The van der Waals surface area contributed by atoms with Crippen LogP contribution in [0.15, 0.2) is 18.2 Å². The van der Waals surface area contributed by atoms with E-state index < -0.39 is 0 Å². The summed E-state index contributed by atoms with van der Waals surface area (Å²) in [5.41, 5.74) is 2.30. The van der Waals surface area contributed by atoms with E-state index in [2.05, 4.69) is 0 Å². The van der Waals surface area contributed by atoms with Crippen molar-refractivity contribution in [3.8, 4) is 0 Å². The molecule has 0 aliphatic rings. The summed E-state index contributed by atoms with van der Waals surface area (Å²) < 4.78 is 0.